The Labute approximate surface area is 186 Å². The molecule has 0 atom stereocenters. The van der Waals surface area contributed by atoms with E-state index in [1.54, 1.807) is 41.0 Å². The number of rotatable bonds is 7. The molecule has 0 spiro atoms. The number of methoxy groups -OCH3 is 2. The largest absolute Gasteiger partial charge is 0.496 e. The van der Waals surface area contributed by atoms with E-state index in [0.29, 0.717) is 17.0 Å². The molecule has 0 aliphatic carbocycles. The van der Waals surface area contributed by atoms with E-state index in [1.165, 1.54) is 14.2 Å². The van der Waals surface area contributed by atoms with Crippen molar-refractivity contribution in [2.45, 2.75) is 25.9 Å². The van der Waals surface area contributed by atoms with Gasteiger partial charge in [0.2, 0.25) is 0 Å². The summed E-state index contributed by atoms with van der Waals surface area (Å²) >= 11 is 0. The van der Waals surface area contributed by atoms with Gasteiger partial charge in [-0.2, -0.15) is 18.3 Å². The lowest BCUT2D eigenvalue weighted by atomic mass is 10.0. The molecular formula is C22H20F3N5O3. The molecule has 0 saturated carbocycles. The number of aromatic nitrogens is 5. The van der Waals surface area contributed by atoms with Crippen LogP contribution in [0.2, 0.25) is 0 Å². The molecule has 4 aromatic rings. The molecule has 172 valence electrons. The standard InChI is InChI=1S/C22H20F3N5O3/c1-13-26-12-30(28-13)14-4-5-17-16(8-14)27-11-29(17)15-9-19(32-2)21(20(10-15)33-3)18(31)6-7-22(23,24)25/h4-5,8-12H,6-7H2,1-3H3. The topological polar surface area (TPSA) is 84.1 Å². The Morgan fingerprint density at radius 3 is 2.27 bits per heavy atom. The summed E-state index contributed by atoms with van der Waals surface area (Å²) in [7, 11) is 2.69. The molecule has 2 heterocycles. The molecule has 0 fully saturated rings. The van der Waals surface area contributed by atoms with Crippen LogP contribution < -0.4 is 9.47 Å². The average molecular weight is 459 g/mol. The number of carbonyl (C=O) groups is 1. The van der Waals surface area contributed by atoms with Crippen LogP contribution in [0.1, 0.15) is 29.0 Å². The van der Waals surface area contributed by atoms with Crippen molar-refractivity contribution in [1.29, 1.82) is 0 Å². The third-order valence-corrected chi connectivity index (χ3v) is 5.08. The normalized spacial score (nSPS) is 11.7. The van der Waals surface area contributed by atoms with Gasteiger partial charge in [0.05, 0.1) is 43.0 Å². The molecule has 0 aliphatic heterocycles. The van der Waals surface area contributed by atoms with Crippen LogP contribution in [0.4, 0.5) is 13.2 Å². The maximum absolute atomic E-state index is 12.6. The zero-order chi connectivity index (χ0) is 23.8. The van der Waals surface area contributed by atoms with E-state index in [2.05, 4.69) is 15.1 Å². The van der Waals surface area contributed by atoms with Crippen molar-refractivity contribution in [3.05, 3.63) is 54.4 Å². The van der Waals surface area contributed by atoms with E-state index in [0.717, 1.165) is 11.2 Å². The smallest absolute Gasteiger partial charge is 0.389 e. The van der Waals surface area contributed by atoms with Crippen LogP contribution in [-0.4, -0.2) is 50.5 Å². The summed E-state index contributed by atoms with van der Waals surface area (Å²) in [5.41, 5.74) is 2.78. The predicted molar refractivity (Wildman–Crippen MR) is 113 cm³/mol. The molecule has 0 amide bonds. The minimum Gasteiger partial charge on any atom is -0.496 e. The monoisotopic (exact) mass is 459 g/mol. The van der Waals surface area contributed by atoms with Gasteiger partial charge in [0.15, 0.2) is 5.78 Å². The van der Waals surface area contributed by atoms with Gasteiger partial charge in [0.25, 0.3) is 0 Å². The van der Waals surface area contributed by atoms with Crippen molar-refractivity contribution in [3.8, 4) is 22.9 Å². The number of Topliss-reactive ketones (excluding diaryl/α,β-unsaturated/α-hetero) is 1. The molecule has 8 nitrogen and oxygen atoms in total. The molecule has 0 radical (unpaired) electrons. The summed E-state index contributed by atoms with van der Waals surface area (Å²) in [6.07, 6.45) is -3.15. The second-order valence-corrected chi connectivity index (χ2v) is 7.29. The SMILES string of the molecule is COc1cc(-n2cnc3cc(-n4cnc(C)n4)ccc32)cc(OC)c1C(=O)CCC(F)(F)F. The summed E-state index contributed by atoms with van der Waals surface area (Å²) in [5.74, 6) is 0.168. The molecule has 2 aromatic carbocycles. The third kappa shape index (κ3) is 4.52. The number of carbonyl (C=O) groups excluding carboxylic acids is 1. The Kier molecular flexibility index (Phi) is 5.79. The fourth-order valence-electron chi connectivity index (χ4n) is 3.51. The predicted octanol–water partition coefficient (Wildman–Crippen LogP) is 4.46. The van der Waals surface area contributed by atoms with Crippen LogP contribution >= 0.6 is 0 Å². The summed E-state index contributed by atoms with van der Waals surface area (Å²) in [5, 5.41) is 4.29. The van der Waals surface area contributed by atoms with Crippen LogP contribution in [-0.2, 0) is 0 Å². The highest BCUT2D eigenvalue weighted by Gasteiger charge is 2.30. The third-order valence-electron chi connectivity index (χ3n) is 5.08. The van der Waals surface area contributed by atoms with E-state index in [-0.39, 0.29) is 17.1 Å². The van der Waals surface area contributed by atoms with E-state index in [9.17, 15) is 18.0 Å². The minimum absolute atomic E-state index is 0.0266. The Bertz CT molecular complexity index is 1300. The quantitative estimate of drug-likeness (QED) is 0.380. The first-order valence-electron chi connectivity index (χ1n) is 9.92. The van der Waals surface area contributed by atoms with Gasteiger partial charge in [-0.15, -0.1) is 0 Å². The summed E-state index contributed by atoms with van der Waals surface area (Å²) < 4.78 is 51.9. The lowest BCUT2D eigenvalue weighted by molar-refractivity contribution is -0.133. The first kappa shape index (κ1) is 22.3. The number of ketones is 1. The molecule has 33 heavy (non-hydrogen) atoms. The molecular weight excluding hydrogens is 439 g/mol. The number of hydrogen-bond acceptors (Lipinski definition) is 6. The zero-order valence-electron chi connectivity index (χ0n) is 18.1. The Morgan fingerprint density at radius 1 is 1.00 bits per heavy atom. The van der Waals surface area contributed by atoms with Crippen molar-refractivity contribution < 1.29 is 27.4 Å². The number of imidazole rings is 1. The van der Waals surface area contributed by atoms with Gasteiger partial charge in [-0.1, -0.05) is 0 Å². The van der Waals surface area contributed by atoms with Crippen LogP contribution in [0.25, 0.3) is 22.4 Å². The van der Waals surface area contributed by atoms with Crippen molar-refractivity contribution >= 4 is 16.8 Å². The van der Waals surface area contributed by atoms with Crippen LogP contribution in [0.5, 0.6) is 11.5 Å². The van der Waals surface area contributed by atoms with Crippen LogP contribution in [0.15, 0.2) is 43.0 Å². The molecule has 0 bridgehead atoms. The number of hydrogen-bond donors (Lipinski definition) is 0. The molecule has 2 aromatic heterocycles. The van der Waals surface area contributed by atoms with Crippen molar-refractivity contribution in [2.75, 3.05) is 14.2 Å². The first-order valence-corrected chi connectivity index (χ1v) is 9.92. The number of aryl methyl sites for hydroxylation is 1. The van der Waals surface area contributed by atoms with E-state index in [4.69, 9.17) is 9.47 Å². The molecule has 0 saturated heterocycles. The fourth-order valence-corrected chi connectivity index (χ4v) is 3.51. The molecule has 0 aliphatic rings. The van der Waals surface area contributed by atoms with E-state index in [1.807, 2.05) is 18.2 Å². The number of alkyl halides is 3. The highest BCUT2D eigenvalue weighted by atomic mass is 19.4. The Hall–Kier alpha value is -3.89. The maximum Gasteiger partial charge on any atom is 0.389 e. The number of nitrogens with zero attached hydrogens (tertiary/aromatic N) is 5. The lowest BCUT2D eigenvalue weighted by Gasteiger charge is -2.16. The van der Waals surface area contributed by atoms with Gasteiger partial charge < -0.3 is 9.47 Å². The Balaban J connectivity index is 1.74. The van der Waals surface area contributed by atoms with E-state index < -0.39 is 24.8 Å². The lowest BCUT2D eigenvalue weighted by Crippen LogP contribution is -2.13. The van der Waals surface area contributed by atoms with Gasteiger partial charge in [-0.3, -0.25) is 9.36 Å². The Morgan fingerprint density at radius 2 is 1.70 bits per heavy atom. The number of halogens is 3. The van der Waals surface area contributed by atoms with Crippen molar-refractivity contribution in [1.82, 2.24) is 24.3 Å². The highest BCUT2D eigenvalue weighted by Crippen LogP contribution is 2.35. The van der Waals surface area contributed by atoms with E-state index >= 15 is 0 Å². The summed E-state index contributed by atoms with van der Waals surface area (Å²) in [6, 6.07) is 8.70. The molecule has 0 N–H and O–H groups in total. The molecule has 4 rings (SSSR count). The fraction of sp³-hybridized carbons (Fsp3) is 0.273. The number of ether oxygens (including phenoxy) is 2. The van der Waals surface area contributed by atoms with Gasteiger partial charge in [-0.05, 0) is 25.1 Å². The minimum atomic E-state index is -4.43. The van der Waals surface area contributed by atoms with Gasteiger partial charge in [0.1, 0.15) is 35.5 Å². The van der Waals surface area contributed by atoms with Crippen LogP contribution in [0, 0.1) is 6.92 Å². The molecule has 0 unspecified atom stereocenters. The number of fused-ring (bicyclic) bond motifs is 1. The first-order chi connectivity index (χ1) is 15.7. The maximum atomic E-state index is 12.6. The van der Waals surface area contributed by atoms with Gasteiger partial charge in [0, 0.05) is 18.6 Å². The number of benzene rings is 2. The highest BCUT2D eigenvalue weighted by molar-refractivity contribution is 6.02. The van der Waals surface area contributed by atoms with Gasteiger partial charge in [-0.25, -0.2) is 14.6 Å². The zero-order valence-corrected chi connectivity index (χ0v) is 18.1. The van der Waals surface area contributed by atoms with Crippen LogP contribution in [0.3, 0.4) is 0 Å². The second kappa shape index (κ2) is 8.57. The van der Waals surface area contributed by atoms with Crippen molar-refractivity contribution in [3.63, 3.8) is 0 Å². The van der Waals surface area contributed by atoms with Gasteiger partial charge >= 0.3 is 6.18 Å². The summed E-state index contributed by atoms with van der Waals surface area (Å²) in [4.78, 5) is 21.1. The second-order valence-electron chi connectivity index (χ2n) is 7.29. The van der Waals surface area contributed by atoms with Crippen molar-refractivity contribution in [2.24, 2.45) is 0 Å². The summed E-state index contributed by atoms with van der Waals surface area (Å²) in [6.45, 7) is 1.79. The average Bonchev–Trinajstić information content (AvgIpc) is 3.41. The molecule has 11 heteroatoms.